The van der Waals surface area contributed by atoms with Gasteiger partial charge in [0.25, 0.3) is 5.69 Å². The number of aryl methyl sites for hydroxylation is 2. The number of carbonyl (C=O) groups excluding carboxylic acids is 1. The van der Waals surface area contributed by atoms with E-state index in [0.29, 0.717) is 6.54 Å². The van der Waals surface area contributed by atoms with E-state index < -0.39 is 10.9 Å². The van der Waals surface area contributed by atoms with Crippen molar-refractivity contribution in [3.8, 4) is 0 Å². The predicted molar refractivity (Wildman–Crippen MR) is 84.3 cm³/mol. The van der Waals surface area contributed by atoms with Gasteiger partial charge in [-0.1, -0.05) is 6.92 Å². The second-order valence-electron chi connectivity index (χ2n) is 4.96. The Hall–Kier alpha value is -2.90. The lowest BCUT2D eigenvalue weighted by atomic mass is 10.1. The van der Waals surface area contributed by atoms with Crippen molar-refractivity contribution >= 4 is 17.3 Å². The molecule has 0 radical (unpaired) electrons. The van der Waals surface area contributed by atoms with Crippen LogP contribution in [0.5, 0.6) is 0 Å². The molecule has 0 atom stereocenters. The Balaban J connectivity index is 2.29. The van der Waals surface area contributed by atoms with E-state index in [1.807, 2.05) is 20.2 Å². The zero-order valence-corrected chi connectivity index (χ0v) is 13.2. The van der Waals surface area contributed by atoms with Crippen LogP contribution in [0.15, 0.2) is 24.4 Å². The minimum Gasteiger partial charge on any atom is -0.465 e. The average Bonchev–Trinajstić information content (AvgIpc) is 2.91. The van der Waals surface area contributed by atoms with E-state index in [9.17, 15) is 14.9 Å². The number of nitrogens with zero attached hydrogens (tertiary/aromatic N) is 3. The molecule has 0 amide bonds. The molecule has 0 spiro atoms. The van der Waals surface area contributed by atoms with Gasteiger partial charge >= 0.3 is 5.97 Å². The number of nitrogens with one attached hydrogen (secondary N) is 1. The van der Waals surface area contributed by atoms with E-state index in [2.05, 4.69) is 15.2 Å². The minimum absolute atomic E-state index is 0.0976. The summed E-state index contributed by atoms with van der Waals surface area (Å²) < 4.78 is 6.35. The van der Waals surface area contributed by atoms with Gasteiger partial charge in [0, 0.05) is 31.4 Å². The average molecular weight is 318 g/mol. The number of ether oxygens (including phenoxy) is 1. The maximum atomic E-state index is 11.6. The maximum Gasteiger partial charge on any atom is 0.337 e. The smallest absolute Gasteiger partial charge is 0.337 e. The lowest BCUT2D eigenvalue weighted by Gasteiger charge is -2.08. The van der Waals surface area contributed by atoms with Crippen molar-refractivity contribution in [3.63, 3.8) is 0 Å². The highest BCUT2D eigenvalue weighted by Crippen LogP contribution is 2.26. The summed E-state index contributed by atoms with van der Waals surface area (Å²) in [6.45, 7) is 2.37. The highest BCUT2D eigenvalue weighted by atomic mass is 16.6. The van der Waals surface area contributed by atoms with Crippen molar-refractivity contribution in [1.29, 1.82) is 0 Å². The summed E-state index contributed by atoms with van der Waals surface area (Å²) in [7, 11) is 3.09. The first kappa shape index (κ1) is 16.5. The lowest BCUT2D eigenvalue weighted by Crippen LogP contribution is -2.07. The molecule has 0 bridgehead atoms. The molecule has 0 aliphatic rings. The SMILES string of the molecule is CCc1nn(C)cc1CNc1cc(C(=O)OC)ccc1[N+](=O)[O-]. The lowest BCUT2D eigenvalue weighted by molar-refractivity contribution is -0.384. The summed E-state index contributed by atoms with van der Waals surface area (Å²) in [5, 5.41) is 18.5. The molecule has 1 aromatic carbocycles. The molecule has 0 aliphatic carbocycles. The molecular formula is C15H18N4O4. The minimum atomic E-state index is -0.543. The Bertz CT molecular complexity index is 739. The summed E-state index contributed by atoms with van der Waals surface area (Å²) >= 11 is 0. The van der Waals surface area contributed by atoms with Crippen LogP contribution in [-0.2, 0) is 24.8 Å². The molecule has 1 aromatic heterocycles. The molecule has 8 heteroatoms. The first-order valence-electron chi connectivity index (χ1n) is 7.08. The van der Waals surface area contributed by atoms with Gasteiger partial charge in [0.1, 0.15) is 5.69 Å². The summed E-state index contributed by atoms with van der Waals surface area (Å²) in [5.41, 5.74) is 2.30. The Kier molecular flexibility index (Phi) is 4.95. The van der Waals surface area contributed by atoms with Crippen LogP contribution in [0.1, 0.15) is 28.5 Å². The molecule has 8 nitrogen and oxygen atoms in total. The Morgan fingerprint density at radius 1 is 1.48 bits per heavy atom. The van der Waals surface area contributed by atoms with Gasteiger partial charge in [0.05, 0.1) is 23.3 Å². The number of nitro groups is 1. The number of hydrogen-bond donors (Lipinski definition) is 1. The summed E-state index contributed by atoms with van der Waals surface area (Å²) in [4.78, 5) is 22.2. The first-order chi connectivity index (χ1) is 11.0. The highest BCUT2D eigenvalue weighted by Gasteiger charge is 2.17. The van der Waals surface area contributed by atoms with Crippen LogP contribution in [-0.4, -0.2) is 27.8 Å². The molecule has 0 saturated heterocycles. The second-order valence-corrected chi connectivity index (χ2v) is 4.96. The van der Waals surface area contributed by atoms with Crippen LogP contribution in [0, 0.1) is 10.1 Å². The number of rotatable bonds is 6. The van der Waals surface area contributed by atoms with Gasteiger partial charge in [-0.25, -0.2) is 4.79 Å². The van der Waals surface area contributed by atoms with Crippen molar-refractivity contribution in [2.45, 2.75) is 19.9 Å². The highest BCUT2D eigenvalue weighted by molar-refractivity contribution is 5.91. The number of anilines is 1. The third-order valence-corrected chi connectivity index (χ3v) is 3.41. The zero-order chi connectivity index (χ0) is 17.0. The molecule has 1 heterocycles. The van der Waals surface area contributed by atoms with Gasteiger partial charge < -0.3 is 10.1 Å². The topological polar surface area (TPSA) is 99.3 Å². The van der Waals surface area contributed by atoms with Gasteiger partial charge in [-0.3, -0.25) is 14.8 Å². The third kappa shape index (κ3) is 3.65. The summed E-state index contributed by atoms with van der Waals surface area (Å²) in [5.74, 6) is -0.543. The van der Waals surface area contributed by atoms with Crippen LogP contribution in [0.4, 0.5) is 11.4 Å². The first-order valence-corrected chi connectivity index (χ1v) is 7.08. The Morgan fingerprint density at radius 3 is 2.83 bits per heavy atom. The molecule has 0 aliphatic heterocycles. The summed E-state index contributed by atoms with van der Waals surface area (Å²) in [6, 6.07) is 4.08. The summed E-state index contributed by atoms with van der Waals surface area (Å²) in [6.07, 6.45) is 2.63. The molecule has 0 fully saturated rings. The van der Waals surface area contributed by atoms with Crippen molar-refractivity contribution in [2.75, 3.05) is 12.4 Å². The number of benzene rings is 1. The molecule has 2 aromatic rings. The van der Waals surface area contributed by atoms with E-state index in [1.54, 1.807) is 4.68 Å². The van der Waals surface area contributed by atoms with Gasteiger partial charge in [0.2, 0.25) is 0 Å². The van der Waals surface area contributed by atoms with E-state index in [-0.39, 0.29) is 16.9 Å². The van der Waals surface area contributed by atoms with Crippen LogP contribution in [0.25, 0.3) is 0 Å². The van der Waals surface area contributed by atoms with E-state index in [0.717, 1.165) is 17.7 Å². The normalized spacial score (nSPS) is 10.4. The number of aromatic nitrogens is 2. The molecule has 2 rings (SSSR count). The molecular weight excluding hydrogens is 300 g/mol. The van der Waals surface area contributed by atoms with Gasteiger partial charge in [-0.15, -0.1) is 0 Å². The quantitative estimate of drug-likeness (QED) is 0.498. The fourth-order valence-electron chi connectivity index (χ4n) is 2.30. The predicted octanol–water partition coefficient (Wildman–Crippen LogP) is 2.29. The standard InChI is InChI=1S/C15H18N4O4/c1-4-12-11(9-18(2)17-12)8-16-13-7-10(15(20)23-3)5-6-14(13)19(21)22/h5-7,9,16H,4,8H2,1-3H3. The number of esters is 1. The molecule has 23 heavy (non-hydrogen) atoms. The maximum absolute atomic E-state index is 11.6. The van der Waals surface area contributed by atoms with E-state index >= 15 is 0 Å². The fourth-order valence-corrected chi connectivity index (χ4v) is 2.30. The number of carbonyl (C=O) groups is 1. The number of methoxy groups -OCH3 is 1. The van der Waals surface area contributed by atoms with Crippen molar-refractivity contribution in [1.82, 2.24) is 9.78 Å². The van der Waals surface area contributed by atoms with E-state index in [4.69, 9.17) is 0 Å². The van der Waals surface area contributed by atoms with Crippen molar-refractivity contribution in [3.05, 3.63) is 51.3 Å². The van der Waals surface area contributed by atoms with Crippen LogP contribution in [0.2, 0.25) is 0 Å². The van der Waals surface area contributed by atoms with Crippen molar-refractivity contribution < 1.29 is 14.5 Å². The third-order valence-electron chi connectivity index (χ3n) is 3.41. The van der Waals surface area contributed by atoms with Gasteiger partial charge in [0.15, 0.2) is 0 Å². The monoisotopic (exact) mass is 318 g/mol. The van der Waals surface area contributed by atoms with Crippen LogP contribution in [0.3, 0.4) is 0 Å². The van der Waals surface area contributed by atoms with Crippen LogP contribution < -0.4 is 5.32 Å². The molecule has 0 unspecified atom stereocenters. The van der Waals surface area contributed by atoms with E-state index in [1.165, 1.54) is 25.3 Å². The van der Waals surface area contributed by atoms with Gasteiger partial charge in [-0.2, -0.15) is 5.10 Å². The molecule has 122 valence electrons. The van der Waals surface area contributed by atoms with Gasteiger partial charge in [-0.05, 0) is 18.6 Å². The Morgan fingerprint density at radius 2 is 2.22 bits per heavy atom. The largest absolute Gasteiger partial charge is 0.465 e. The number of nitro benzene ring substituents is 1. The van der Waals surface area contributed by atoms with Crippen LogP contribution >= 0.6 is 0 Å². The zero-order valence-electron chi connectivity index (χ0n) is 13.2. The Labute approximate surface area is 133 Å². The molecule has 0 saturated carbocycles. The van der Waals surface area contributed by atoms with Crippen molar-refractivity contribution in [2.24, 2.45) is 7.05 Å². The fraction of sp³-hybridized carbons (Fsp3) is 0.333. The molecule has 1 N–H and O–H groups in total. The second kappa shape index (κ2) is 6.91. The number of hydrogen-bond acceptors (Lipinski definition) is 6.